The van der Waals surface area contributed by atoms with Gasteiger partial charge in [-0.15, -0.1) is 0 Å². The molecule has 0 radical (unpaired) electrons. The molecule has 2 rings (SSSR count). The Hall–Kier alpha value is -0.800. The fraction of sp³-hybridized carbons (Fsp3) is 0.600. The average molecular weight is 180 g/mol. The van der Waals surface area contributed by atoms with Gasteiger partial charge in [-0.25, -0.2) is 5.01 Å². The summed E-state index contributed by atoms with van der Waals surface area (Å²) in [6.07, 6.45) is 8.44. The predicted molar refractivity (Wildman–Crippen MR) is 50.8 cm³/mol. The van der Waals surface area contributed by atoms with Gasteiger partial charge in [-0.05, 0) is 18.9 Å². The van der Waals surface area contributed by atoms with Crippen LogP contribution in [0.2, 0.25) is 0 Å². The molecule has 2 heterocycles. The standard InChI is InChI=1S/C10H16N2O/c11-12-6-3-1-2-4-10(12)9-5-7-13-8-9/h5,7-8,10H,1-4,6,11H2. The number of nitrogens with zero attached hydrogens (tertiary/aromatic N) is 1. The Morgan fingerprint density at radius 3 is 3.08 bits per heavy atom. The van der Waals surface area contributed by atoms with Gasteiger partial charge < -0.3 is 4.42 Å². The Balaban J connectivity index is 2.11. The van der Waals surface area contributed by atoms with E-state index in [-0.39, 0.29) is 0 Å². The lowest BCUT2D eigenvalue weighted by Gasteiger charge is -2.23. The first kappa shape index (κ1) is 8.78. The molecule has 1 atom stereocenters. The Labute approximate surface area is 78.5 Å². The lowest BCUT2D eigenvalue weighted by molar-refractivity contribution is 0.206. The fourth-order valence-corrected chi connectivity index (χ4v) is 1.95. The molecular weight excluding hydrogens is 164 g/mol. The van der Waals surface area contributed by atoms with Crippen LogP contribution in [0.15, 0.2) is 23.0 Å². The molecule has 1 aromatic rings. The van der Waals surface area contributed by atoms with Gasteiger partial charge in [0.2, 0.25) is 0 Å². The maximum Gasteiger partial charge on any atom is 0.0950 e. The SMILES string of the molecule is NN1CCCCCC1c1ccoc1. The fourth-order valence-electron chi connectivity index (χ4n) is 1.95. The molecule has 72 valence electrons. The van der Waals surface area contributed by atoms with Crippen LogP contribution in [-0.2, 0) is 0 Å². The van der Waals surface area contributed by atoms with Crippen molar-refractivity contribution in [3.8, 4) is 0 Å². The summed E-state index contributed by atoms with van der Waals surface area (Å²) < 4.78 is 5.07. The highest BCUT2D eigenvalue weighted by Crippen LogP contribution is 2.27. The molecular formula is C10H16N2O. The first-order chi connectivity index (χ1) is 6.38. The molecule has 1 aromatic heterocycles. The Morgan fingerprint density at radius 1 is 1.38 bits per heavy atom. The minimum Gasteiger partial charge on any atom is -0.472 e. The van der Waals surface area contributed by atoms with Gasteiger partial charge in [0, 0.05) is 12.1 Å². The first-order valence-corrected chi connectivity index (χ1v) is 4.91. The summed E-state index contributed by atoms with van der Waals surface area (Å²) in [4.78, 5) is 0. The van der Waals surface area contributed by atoms with E-state index in [0.29, 0.717) is 6.04 Å². The molecule has 1 saturated heterocycles. The van der Waals surface area contributed by atoms with Gasteiger partial charge in [0.05, 0.1) is 18.6 Å². The van der Waals surface area contributed by atoms with E-state index in [9.17, 15) is 0 Å². The lowest BCUT2D eigenvalue weighted by atomic mass is 10.1. The van der Waals surface area contributed by atoms with Crippen LogP contribution >= 0.6 is 0 Å². The van der Waals surface area contributed by atoms with Crippen LogP contribution in [0.5, 0.6) is 0 Å². The third kappa shape index (κ3) is 1.92. The summed E-state index contributed by atoms with van der Waals surface area (Å²) in [5.74, 6) is 5.96. The van der Waals surface area contributed by atoms with Crippen molar-refractivity contribution in [1.82, 2.24) is 5.01 Å². The quantitative estimate of drug-likeness (QED) is 0.673. The van der Waals surface area contributed by atoms with Crippen LogP contribution in [0.25, 0.3) is 0 Å². The van der Waals surface area contributed by atoms with Crippen LogP contribution in [0, 0.1) is 0 Å². The third-order valence-electron chi connectivity index (χ3n) is 2.72. The molecule has 0 bridgehead atoms. The minimum atomic E-state index is 0.362. The van der Waals surface area contributed by atoms with Crippen molar-refractivity contribution in [1.29, 1.82) is 0 Å². The van der Waals surface area contributed by atoms with Gasteiger partial charge in [-0.1, -0.05) is 12.8 Å². The number of rotatable bonds is 1. The van der Waals surface area contributed by atoms with Crippen LogP contribution in [-0.4, -0.2) is 11.6 Å². The average Bonchev–Trinajstić information content (AvgIpc) is 2.56. The minimum absolute atomic E-state index is 0.362. The Bertz CT molecular complexity index is 245. The summed E-state index contributed by atoms with van der Waals surface area (Å²) in [7, 11) is 0. The summed E-state index contributed by atoms with van der Waals surface area (Å²) >= 11 is 0. The molecule has 0 amide bonds. The van der Waals surface area contributed by atoms with E-state index in [1.54, 1.807) is 12.5 Å². The van der Waals surface area contributed by atoms with Crippen molar-refractivity contribution in [2.24, 2.45) is 5.84 Å². The molecule has 0 aliphatic carbocycles. The molecule has 1 aliphatic rings. The largest absolute Gasteiger partial charge is 0.472 e. The molecule has 1 fully saturated rings. The number of furan rings is 1. The van der Waals surface area contributed by atoms with Gasteiger partial charge in [-0.3, -0.25) is 5.84 Å². The molecule has 0 spiro atoms. The topological polar surface area (TPSA) is 42.4 Å². The van der Waals surface area contributed by atoms with Crippen LogP contribution in [0.3, 0.4) is 0 Å². The van der Waals surface area contributed by atoms with Crippen LogP contribution in [0.4, 0.5) is 0 Å². The maximum absolute atomic E-state index is 5.96. The highest BCUT2D eigenvalue weighted by atomic mass is 16.3. The number of hydrogen-bond donors (Lipinski definition) is 1. The van der Waals surface area contributed by atoms with Crippen LogP contribution < -0.4 is 5.84 Å². The third-order valence-corrected chi connectivity index (χ3v) is 2.72. The van der Waals surface area contributed by atoms with Crippen molar-refractivity contribution in [2.75, 3.05) is 6.54 Å². The van der Waals surface area contributed by atoms with Crippen molar-refractivity contribution in [3.05, 3.63) is 24.2 Å². The van der Waals surface area contributed by atoms with E-state index >= 15 is 0 Å². The zero-order valence-electron chi connectivity index (χ0n) is 7.78. The van der Waals surface area contributed by atoms with E-state index in [1.165, 1.54) is 24.8 Å². The Kier molecular flexibility index (Phi) is 2.66. The summed E-state index contributed by atoms with van der Waals surface area (Å²) in [6, 6.07) is 2.37. The van der Waals surface area contributed by atoms with Crippen molar-refractivity contribution >= 4 is 0 Å². The zero-order valence-corrected chi connectivity index (χ0v) is 7.78. The molecule has 0 saturated carbocycles. The molecule has 0 aromatic carbocycles. The highest BCUT2D eigenvalue weighted by Gasteiger charge is 2.20. The van der Waals surface area contributed by atoms with Gasteiger partial charge >= 0.3 is 0 Å². The van der Waals surface area contributed by atoms with Crippen molar-refractivity contribution in [3.63, 3.8) is 0 Å². The van der Waals surface area contributed by atoms with Crippen molar-refractivity contribution < 1.29 is 4.42 Å². The summed E-state index contributed by atoms with van der Waals surface area (Å²) in [5, 5.41) is 1.94. The smallest absolute Gasteiger partial charge is 0.0950 e. The van der Waals surface area contributed by atoms with E-state index in [4.69, 9.17) is 10.3 Å². The molecule has 1 unspecified atom stereocenters. The molecule has 3 nitrogen and oxygen atoms in total. The van der Waals surface area contributed by atoms with E-state index in [0.717, 1.165) is 13.0 Å². The predicted octanol–water partition coefficient (Wildman–Crippen LogP) is 2.07. The second-order valence-corrected chi connectivity index (χ2v) is 3.66. The van der Waals surface area contributed by atoms with Crippen molar-refractivity contribution in [2.45, 2.75) is 31.7 Å². The monoisotopic (exact) mass is 180 g/mol. The summed E-state index contributed by atoms with van der Waals surface area (Å²) in [5.41, 5.74) is 1.21. The van der Waals surface area contributed by atoms with E-state index in [1.807, 2.05) is 11.1 Å². The molecule has 13 heavy (non-hydrogen) atoms. The number of hydrogen-bond acceptors (Lipinski definition) is 3. The van der Waals surface area contributed by atoms with Gasteiger partial charge in [0.15, 0.2) is 0 Å². The Morgan fingerprint density at radius 2 is 2.31 bits per heavy atom. The lowest BCUT2D eigenvalue weighted by Crippen LogP contribution is -2.34. The number of hydrazine groups is 1. The van der Waals surface area contributed by atoms with E-state index < -0.39 is 0 Å². The van der Waals surface area contributed by atoms with Gasteiger partial charge in [0.1, 0.15) is 0 Å². The number of nitrogens with two attached hydrogens (primary N) is 1. The molecule has 1 aliphatic heterocycles. The van der Waals surface area contributed by atoms with Gasteiger partial charge in [-0.2, -0.15) is 0 Å². The molecule has 2 N–H and O–H groups in total. The second-order valence-electron chi connectivity index (χ2n) is 3.66. The highest BCUT2D eigenvalue weighted by molar-refractivity contribution is 5.11. The van der Waals surface area contributed by atoms with Crippen LogP contribution in [0.1, 0.15) is 37.3 Å². The maximum atomic E-state index is 5.96. The zero-order chi connectivity index (χ0) is 9.10. The van der Waals surface area contributed by atoms with Gasteiger partial charge in [0.25, 0.3) is 0 Å². The van der Waals surface area contributed by atoms with E-state index in [2.05, 4.69) is 0 Å². The molecule has 3 heteroatoms. The normalized spacial score (nSPS) is 25.8. The summed E-state index contributed by atoms with van der Waals surface area (Å²) in [6.45, 7) is 0.996. The second kappa shape index (κ2) is 3.94. The first-order valence-electron chi connectivity index (χ1n) is 4.91.